The minimum absolute atomic E-state index is 0.549. The zero-order valence-corrected chi connectivity index (χ0v) is 13.7. The molecule has 3 heteroatoms. The summed E-state index contributed by atoms with van der Waals surface area (Å²) in [6, 6.07) is 4.88. The fourth-order valence-electron chi connectivity index (χ4n) is 5.65. The van der Waals surface area contributed by atoms with Gasteiger partial charge in [-0.05, 0) is 80.4 Å². The highest BCUT2D eigenvalue weighted by molar-refractivity contribution is 7.16. The van der Waals surface area contributed by atoms with Crippen molar-refractivity contribution in [3.63, 3.8) is 0 Å². The molecule has 1 aromatic heterocycles. The molecule has 4 aliphatic carbocycles. The van der Waals surface area contributed by atoms with Gasteiger partial charge < -0.3 is 5.32 Å². The van der Waals surface area contributed by atoms with Crippen molar-refractivity contribution in [1.29, 1.82) is 0 Å². The van der Waals surface area contributed by atoms with Gasteiger partial charge in [0.2, 0.25) is 0 Å². The molecule has 4 aliphatic rings. The van der Waals surface area contributed by atoms with Crippen molar-refractivity contribution in [3.8, 4) is 0 Å². The molecule has 20 heavy (non-hydrogen) atoms. The average molecular weight is 310 g/mol. The summed E-state index contributed by atoms with van der Waals surface area (Å²) >= 11 is 7.97. The Labute approximate surface area is 131 Å². The summed E-state index contributed by atoms with van der Waals surface area (Å²) < 4.78 is 0.937. The van der Waals surface area contributed by atoms with Gasteiger partial charge in [0.25, 0.3) is 0 Å². The summed E-state index contributed by atoms with van der Waals surface area (Å²) in [5.41, 5.74) is 0. The molecule has 0 amide bonds. The van der Waals surface area contributed by atoms with E-state index < -0.39 is 0 Å². The van der Waals surface area contributed by atoms with E-state index in [4.69, 9.17) is 11.6 Å². The van der Waals surface area contributed by atoms with Gasteiger partial charge in [-0.15, -0.1) is 11.3 Å². The highest BCUT2D eigenvalue weighted by Gasteiger charge is 2.50. The van der Waals surface area contributed by atoms with Crippen molar-refractivity contribution in [3.05, 3.63) is 21.3 Å². The van der Waals surface area contributed by atoms with Crippen molar-refractivity contribution in [2.75, 3.05) is 6.54 Å². The molecule has 1 aromatic rings. The second kappa shape index (κ2) is 5.30. The first kappa shape index (κ1) is 13.6. The van der Waals surface area contributed by atoms with E-state index in [-0.39, 0.29) is 0 Å². The molecule has 4 fully saturated rings. The zero-order chi connectivity index (χ0) is 13.7. The van der Waals surface area contributed by atoms with Crippen molar-refractivity contribution in [2.24, 2.45) is 29.6 Å². The Hall–Kier alpha value is -0.0500. The Bertz CT molecular complexity index is 455. The van der Waals surface area contributed by atoms with E-state index in [2.05, 4.69) is 24.4 Å². The smallest absolute Gasteiger partial charge is 0.0931 e. The summed E-state index contributed by atoms with van der Waals surface area (Å²) in [6.45, 7) is 3.29. The van der Waals surface area contributed by atoms with Crippen LogP contribution < -0.4 is 5.32 Å². The van der Waals surface area contributed by atoms with Crippen LogP contribution in [0.5, 0.6) is 0 Å². The third-order valence-electron chi connectivity index (χ3n) is 6.01. The molecule has 5 rings (SSSR count). The number of thiophene rings is 1. The fourth-order valence-corrected chi connectivity index (χ4v) is 6.85. The van der Waals surface area contributed by atoms with Crippen LogP contribution in [-0.4, -0.2) is 6.54 Å². The number of rotatable bonds is 4. The summed E-state index contributed by atoms with van der Waals surface area (Å²) in [5.74, 6) is 4.91. The first-order chi connectivity index (χ1) is 9.74. The second-order valence-corrected chi connectivity index (χ2v) is 8.93. The molecule has 1 heterocycles. The van der Waals surface area contributed by atoms with Gasteiger partial charge in [-0.25, -0.2) is 0 Å². The van der Waals surface area contributed by atoms with E-state index in [1.54, 1.807) is 11.3 Å². The van der Waals surface area contributed by atoms with Gasteiger partial charge in [-0.3, -0.25) is 0 Å². The molecule has 1 unspecified atom stereocenters. The number of nitrogens with one attached hydrogen (secondary N) is 1. The van der Waals surface area contributed by atoms with E-state index in [0.29, 0.717) is 6.04 Å². The highest BCUT2D eigenvalue weighted by atomic mass is 35.5. The van der Waals surface area contributed by atoms with Crippen LogP contribution in [0.2, 0.25) is 4.34 Å². The Balaban J connectivity index is 1.63. The maximum atomic E-state index is 6.19. The molecule has 0 spiro atoms. The van der Waals surface area contributed by atoms with E-state index in [9.17, 15) is 0 Å². The van der Waals surface area contributed by atoms with Crippen molar-refractivity contribution in [2.45, 2.75) is 45.1 Å². The Morgan fingerprint density at radius 2 is 1.80 bits per heavy atom. The van der Waals surface area contributed by atoms with Gasteiger partial charge in [0, 0.05) is 10.9 Å². The van der Waals surface area contributed by atoms with Crippen LogP contribution in [0.4, 0.5) is 0 Å². The molecule has 1 N–H and O–H groups in total. The Morgan fingerprint density at radius 1 is 1.15 bits per heavy atom. The SMILES string of the molecule is CCNC(c1ccc(Cl)s1)C1C2CC3CC(C2)CC1C3. The lowest BCUT2D eigenvalue weighted by atomic mass is 9.50. The fraction of sp³-hybridized carbons (Fsp3) is 0.765. The van der Waals surface area contributed by atoms with Crippen molar-refractivity contribution >= 4 is 22.9 Å². The van der Waals surface area contributed by atoms with Gasteiger partial charge in [0.15, 0.2) is 0 Å². The molecule has 0 saturated heterocycles. The Morgan fingerprint density at radius 3 is 2.30 bits per heavy atom. The van der Waals surface area contributed by atoms with E-state index >= 15 is 0 Å². The molecular weight excluding hydrogens is 286 g/mol. The first-order valence-corrected chi connectivity index (χ1v) is 9.42. The molecule has 1 atom stereocenters. The van der Waals surface area contributed by atoms with Crippen molar-refractivity contribution < 1.29 is 0 Å². The lowest BCUT2D eigenvalue weighted by Crippen LogP contribution is -2.49. The standard InChI is InChI=1S/C17H24ClNS/c1-2-19-17(14-3-4-15(18)20-14)16-12-6-10-5-11(8-12)9-13(16)7-10/h3-4,10-13,16-17,19H,2,5-9H2,1H3. The van der Waals surface area contributed by atoms with Crippen LogP contribution in [0.1, 0.15) is 49.9 Å². The topological polar surface area (TPSA) is 12.0 Å². The third kappa shape index (κ3) is 2.24. The third-order valence-corrected chi connectivity index (χ3v) is 7.32. The molecular formula is C17H24ClNS. The minimum atomic E-state index is 0.549. The predicted octanol–water partition coefficient (Wildman–Crippen LogP) is 5.12. The molecule has 0 aromatic carbocycles. The largest absolute Gasteiger partial charge is 0.309 e. The molecule has 4 bridgehead atoms. The van der Waals surface area contributed by atoms with Crippen LogP contribution in [0.25, 0.3) is 0 Å². The van der Waals surface area contributed by atoms with E-state index in [1.807, 2.05) is 0 Å². The van der Waals surface area contributed by atoms with Crippen LogP contribution in [0.3, 0.4) is 0 Å². The maximum Gasteiger partial charge on any atom is 0.0931 e. The highest BCUT2D eigenvalue weighted by Crippen LogP contribution is 2.59. The van der Waals surface area contributed by atoms with E-state index in [1.165, 1.54) is 37.0 Å². The quantitative estimate of drug-likeness (QED) is 0.813. The molecule has 4 saturated carbocycles. The number of halogens is 1. The van der Waals surface area contributed by atoms with E-state index in [0.717, 1.165) is 40.5 Å². The second-order valence-electron chi connectivity index (χ2n) is 7.19. The van der Waals surface area contributed by atoms with Gasteiger partial charge in [0.05, 0.1) is 4.34 Å². The Kier molecular flexibility index (Phi) is 3.60. The molecule has 0 radical (unpaired) electrons. The normalized spacial score (nSPS) is 40.2. The minimum Gasteiger partial charge on any atom is -0.309 e. The molecule has 0 aliphatic heterocycles. The first-order valence-electron chi connectivity index (χ1n) is 8.23. The average Bonchev–Trinajstić information content (AvgIpc) is 2.83. The lowest BCUT2D eigenvalue weighted by molar-refractivity contribution is -0.0518. The van der Waals surface area contributed by atoms with Crippen LogP contribution in [0, 0.1) is 29.6 Å². The molecule has 110 valence electrons. The van der Waals surface area contributed by atoms with Crippen LogP contribution >= 0.6 is 22.9 Å². The predicted molar refractivity (Wildman–Crippen MR) is 86.3 cm³/mol. The van der Waals surface area contributed by atoms with Gasteiger partial charge in [0.1, 0.15) is 0 Å². The number of hydrogen-bond acceptors (Lipinski definition) is 2. The van der Waals surface area contributed by atoms with Crippen LogP contribution in [-0.2, 0) is 0 Å². The zero-order valence-electron chi connectivity index (χ0n) is 12.1. The summed E-state index contributed by atoms with van der Waals surface area (Å²) in [6.07, 6.45) is 7.53. The van der Waals surface area contributed by atoms with Gasteiger partial charge in [-0.1, -0.05) is 18.5 Å². The monoisotopic (exact) mass is 309 g/mol. The molecule has 1 nitrogen and oxygen atoms in total. The number of hydrogen-bond donors (Lipinski definition) is 1. The maximum absolute atomic E-state index is 6.19. The lowest BCUT2D eigenvalue weighted by Gasteiger charge is -2.56. The summed E-state index contributed by atoms with van der Waals surface area (Å²) in [7, 11) is 0. The summed E-state index contributed by atoms with van der Waals surface area (Å²) in [5, 5.41) is 3.79. The van der Waals surface area contributed by atoms with Crippen molar-refractivity contribution in [1.82, 2.24) is 5.32 Å². The van der Waals surface area contributed by atoms with Gasteiger partial charge in [-0.2, -0.15) is 0 Å². The van der Waals surface area contributed by atoms with Crippen LogP contribution in [0.15, 0.2) is 12.1 Å². The summed E-state index contributed by atoms with van der Waals surface area (Å²) in [4.78, 5) is 1.47. The van der Waals surface area contributed by atoms with Gasteiger partial charge >= 0.3 is 0 Å².